The minimum Gasteiger partial charge on any atom is -0.493 e. The van der Waals surface area contributed by atoms with Gasteiger partial charge in [-0.25, -0.2) is 4.79 Å². The molecule has 0 amide bonds. The molecular weight excluding hydrogens is 608 g/mol. The fourth-order valence-electron chi connectivity index (χ4n) is 5.15. The first kappa shape index (κ1) is 40.6. The smallest absolute Gasteiger partial charge is 0.338 e. The molecule has 0 spiro atoms. The average Bonchev–Trinajstić information content (AvgIpc) is 3.10. The minimum absolute atomic E-state index is 0.155. The van der Waals surface area contributed by atoms with Gasteiger partial charge in [-0.3, -0.25) is 9.59 Å². The van der Waals surface area contributed by atoms with Crippen LogP contribution in [0.5, 0.6) is 11.5 Å². The Morgan fingerprint density at radius 1 is 0.604 bits per heavy atom. The van der Waals surface area contributed by atoms with Crippen LogP contribution in [0.1, 0.15) is 134 Å². The van der Waals surface area contributed by atoms with Crippen LogP contribution >= 0.6 is 0 Å². The maximum Gasteiger partial charge on any atom is 0.338 e. The molecule has 0 aromatic heterocycles. The van der Waals surface area contributed by atoms with Gasteiger partial charge in [0.25, 0.3) is 0 Å². The summed E-state index contributed by atoms with van der Waals surface area (Å²) in [5.41, 5.74) is 1.22. The first-order chi connectivity index (χ1) is 23.4. The molecule has 2 aromatic rings. The maximum atomic E-state index is 13.0. The lowest BCUT2D eigenvalue weighted by atomic mass is 10.0. The summed E-state index contributed by atoms with van der Waals surface area (Å²) >= 11 is 0. The van der Waals surface area contributed by atoms with Crippen molar-refractivity contribution >= 4 is 17.9 Å². The van der Waals surface area contributed by atoms with Crippen LogP contribution in [0.3, 0.4) is 0 Å². The number of benzene rings is 2. The van der Waals surface area contributed by atoms with Crippen LogP contribution in [0.15, 0.2) is 48.5 Å². The van der Waals surface area contributed by atoms with Crippen molar-refractivity contribution in [1.82, 2.24) is 0 Å². The van der Waals surface area contributed by atoms with Crippen molar-refractivity contribution in [3.05, 3.63) is 59.7 Å². The Balaban J connectivity index is 1.85. The summed E-state index contributed by atoms with van der Waals surface area (Å²) in [7, 11) is 0. The van der Waals surface area contributed by atoms with Crippen LogP contribution in [-0.4, -0.2) is 44.3 Å². The molecule has 0 heterocycles. The van der Waals surface area contributed by atoms with Crippen molar-refractivity contribution < 1.29 is 38.1 Å². The lowest BCUT2D eigenvalue weighted by Gasteiger charge is -2.15. The highest BCUT2D eigenvalue weighted by Gasteiger charge is 2.14. The van der Waals surface area contributed by atoms with Gasteiger partial charge in [-0.2, -0.15) is 0 Å². The Hall–Kier alpha value is -3.55. The van der Waals surface area contributed by atoms with Gasteiger partial charge in [0.1, 0.15) is 18.1 Å². The van der Waals surface area contributed by atoms with Crippen LogP contribution in [0.2, 0.25) is 0 Å². The van der Waals surface area contributed by atoms with Crippen molar-refractivity contribution in [2.45, 2.75) is 124 Å². The molecule has 0 saturated heterocycles. The second-order valence-electron chi connectivity index (χ2n) is 12.6. The molecule has 268 valence electrons. The van der Waals surface area contributed by atoms with Gasteiger partial charge in [0.05, 0.1) is 32.0 Å². The van der Waals surface area contributed by atoms with Crippen LogP contribution < -0.4 is 9.47 Å². The van der Waals surface area contributed by atoms with Gasteiger partial charge >= 0.3 is 17.9 Å². The van der Waals surface area contributed by atoms with Crippen molar-refractivity contribution in [3.63, 3.8) is 0 Å². The Kier molecular flexibility index (Phi) is 21.6. The maximum absolute atomic E-state index is 13.0. The summed E-state index contributed by atoms with van der Waals surface area (Å²) in [6.07, 6.45) is 12.1. The number of carbonyl (C=O) groups excluding carboxylic acids is 3. The second kappa shape index (κ2) is 25.5. The van der Waals surface area contributed by atoms with Gasteiger partial charge < -0.3 is 23.7 Å². The fourth-order valence-corrected chi connectivity index (χ4v) is 5.15. The van der Waals surface area contributed by atoms with Crippen molar-refractivity contribution in [2.75, 3.05) is 26.4 Å². The van der Waals surface area contributed by atoms with E-state index < -0.39 is 5.97 Å². The van der Waals surface area contributed by atoms with E-state index in [1.165, 1.54) is 0 Å². The van der Waals surface area contributed by atoms with E-state index in [1.54, 1.807) is 18.2 Å². The lowest BCUT2D eigenvalue weighted by molar-refractivity contribution is -0.146. The average molecular weight is 669 g/mol. The third kappa shape index (κ3) is 18.1. The van der Waals surface area contributed by atoms with E-state index in [-0.39, 0.29) is 18.5 Å². The fraction of sp³-hybridized carbons (Fsp3) is 0.625. The van der Waals surface area contributed by atoms with Crippen molar-refractivity contribution in [3.8, 4) is 11.5 Å². The number of hydrogen-bond acceptors (Lipinski definition) is 8. The molecule has 0 bridgehead atoms. The highest BCUT2D eigenvalue weighted by molar-refractivity contribution is 5.90. The third-order valence-electron chi connectivity index (χ3n) is 8.46. The first-order valence-corrected chi connectivity index (χ1v) is 18.3. The molecule has 48 heavy (non-hydrogen) atoms. The van der Waals surface area contributed by atoms with Gasteiger partial charge in [-0.05, 0) is 68.1 Å². The third-order valence-corrected chi connectivity index (χ3v) is 8.46. The zero-order valence-corrected chi connectivity index (χ0v) is 30.0. The number of unbranched alkanes of at least 4 members (excludes halogenated alkanes) is 4. The molecule has 0 aliphatic heterocycles. The summed E-state index contributed by atoms with van der Waals surface area (Å²) in [4.78, 5) is 37.4. The molecule has 0 aliphatic carbocycles. The Morgan fingerprint density at radius 3 is 1.56 bits per heavy atom. The summed E-state index contributed by atoms with van der Waals surface area (Å²) in [6, 6.07) is 14.5. The van der Waals surface area contributed by atoms with Crippen LogP contribution in [0, 0.1) is 11.8 Å². The number of rotatable bonds is 27. The number of hydrogen-bond donors (Lipinski definition) is 0. The minimum atomic E-state index is -0.478. The van der Waals surface area contributed by atoms with Crippen LogP contribution in [-0.2, 0) is 30.4 Å². The van der Waals surface area contributed by atoms with E-state index in [0.29, 0.717) is 93.9 Å². The van der Waals surface area contributed by atoms with E-state index in [9.17, 15) is 14.4 Å². The van der Waals surface area contributed by atoms with E-state index in [1.807, 2.05) is 30.3 Å². The van der Waals surface area contributed by atoms with Crippen molar-refractivity contribution in [2.24, 2.45) is 11.8 Å². The van der Waals surface area contributed by atoms with Gasteiger partial charge in [0, 0.05) is 18.9 Å². The Morgan fingerprint density at radius 2 is 1.10 bits per heavy atom. The quantitative estimate of drug-likeness (QED) is 0.0527. The topological polar surface area (TPSA) is 97.4 Å². The SMILES string of the molecule is CCCCC(CC)COC(=O)CCCCOc1cc(OCCCCC(=O)OCC(CC)CCCC)cc(C(=O)OCc2ccccc2)c1. The first-order valence-electron chi connectivity index (χ1n) is 18.3. The molecule has 0 aliphatic rings. The zero-order chi connectivity index (χ0) is 34.8. The predicted octanol–water partition coefficient (Wildman–Crippen LogP) is 9.66. The summed E-state index contributed by atoms with van der Waals surface area (Å²) in [5.74, 6) is 1.00. The second-order valence-corrected chi connectivity index (χ2v) is 12.6. The molecule has 0 fully saturated rings. The Bertz CT molecular complexity index is 1100. The van der Waals surface area contributed by atoms with Crippen LogP contribution in [0.25, 0.3) is 0 Å². The highest BCUT2D eigenvalue weighted by atomic mass is 16.5. The monoisotopic (exact) mass is 668 g/mol. The molecule has 2 rings (SSSR count). The van der Waals surface area contributed by atoms with E-state index in [4.69, 9.17) is 23.7 Å². The zero-order valence-electron chi connectivity index (χ0n) is 30.0. The van der Waals surface area contributed by atoms with Gasteiger partial charge in [0.15, 0.2) is 0 Å². The molecule has 8 heteroatoms. The summed E-state index contributed by atoms with van der Waals surface area (Å²) < 4.78 is 28.5. The summed E-state index contributed by atoms with van der Waals surface area (Å²) in [5, 5.41) is 0. The molecule has 0 N–H and O–H groups in total. The van der Waals surface area contributed by atoms with Gasteiger partial charge in [-0.1, -0.05) is 96.6 Å². The molecule has 2 unspecified atom stereocenters. The van der Waals surface area contributed by atoms with Gasteiger partial charge in [0.2, 0.25) is 0 Å². The van der Waals surface area contributed by atoms with Crippen molar-refractivity contribution in [1.29, 1.82) is 0 Å². The molecular formula is C40H60O8. The Labute approximate surface area is 289 Å². The number of esters is 3. The van der Waals surface area contributed by atoms with E-state index >= 15 is 0 Å². The molecule has 8 nitrogen and oxygen atoms in total. The highest BCUT2D eigenvalue weighted by Crippen LogP contribution is 2.25. The predicted molar refractivity (Wildman–Crippen MR) is 189 cm³/mol. The van der Waals surface area contributed by atoms with E-state index in [2.05, 4.69) is 27.7 Å². The number of carbonyl (C=O) groups is 3. The summed E-state index contributed by atoms with van der Waals surface area (Å²) in [6.45, 7) is 10.5. The normalized spacial score (nSPS) is 12.2. The standard InChI is InChI=1S/C40H60O8/c1-5-9-18-32(7-3)29-46-38(41)22-14-16-24-44-36-26-35(40(43)48-31-34-20-12-11-13-21-34)27-37(28-36)45-25-17-15-23-39(42)47-30-33(8-4)19-10-6-2/h11-13,20-21,26-28,32-33H,5-10,14-19,22-25,29-31H2,1-4H3. The van der Waals surface area contributed by atoms with Gasteiger partial charge in [-0.15, -0.1) is 0 Å². The molecule has 2 aromatic carbocycles. The number of ether oxygens (including phenoxy) is 5. The van der Waals surface area contributed by atoms with Crippen LogP contribution in [0.4, 0.5) is 0 Å². The molecule has 2 atom stereocenters. The lowest BCUT2D eigenvalue weighted by Crippen LogP contribution is -2.14. The molecule has 0 saturated carbocycles. The van der Waals surface area contributed by atoms with E-state index in [0.717, 1.165) is 56.9 Å². The molecule has 0 radical (unpaired) electrons. The largest absolute Gasteiger partial charge is 0.493 e.